The van der Waals surface area contributed by atoms with E-state index in [4.69, 9.17) is 16.3 Å². The van der Waals surface area contributed by atoms with Crippen LogP contribution in [0.5, 0.6) is 5.75 Å². The molecule has 0 spiro atoms. The molecule has 0 aromatic heterocycles. The minimum Gasteiger partial charge on any atom is -0.487 e. The summed E-state index contributed by atoms with van der Waals surface area (Å²) in [6, 6.07) is 15.5. The summed E-state index contributed by atoms with van der Waals surface area (Å²) >= 11 is 6.16. The maximum absolute atomic E-state index is 11.3. The number of hydrogen-bond acceptors (Lipinski definition) is 3. The van der Waals surface area contributed by atoms with Crippen LogP contribution in [0.1, 0.15) is 18.9 Å². The van der Waals surface area contributed by atoms with Crippen molar-refractivity contribution in [1.82, 2.24) is 4.90 Å². The fourth-order valence-electron chi connectivity index (χ4n) is 2.97. The summed E-state index contributed by atoms with van der Waals surface area (Å²) in [6.45, 7) is 4.13. The summed E-state index contributed by atoms with van der Waals surface area (Å²) in [5.41, 5.74) is 1.99. The molecule has 1 unspecified atom stereocenters. The molecule has 0 radical (unpaired) electrons. The van der Waals surface area contributed by atoms with E-state index in [1.807, 2.05) is 48.5 Å². The van der Waals surface area contributed by atoms with Crippen molar-refractivity contribution in [2.75, 3.05) is 18.4 Å². The van der Waals surface area contributed by atoms with E-state index in [1.54, 1.807) is 0 Å². The Morgan fingerprint density at radius 1 is 1.25 bits per heavy atom. The number of carbonyl (C=O) groups excluding carboxylic acids is 1. The van der Waals surface area contributed by atoms with Crippen molar-refractivity contribution in [3.63, 3.8) is 0 Å². The Labute approximate surface area is 147 Å². The molecule has 0 bridgehead atoms. The lowest BCUT2D eigenvalue weighted by Gasteiger charge is -2.19. The normalized spacial score (nSPS) is 17.7. The highest BCUT2D eigenvalue weighted by Gasteiger charge is 2.25. The third-order valence-electron chi connectivity index (χ3n) is 4.08. The molecule has 0 saturated carbocycles. The second-order valence-electron chi connectivity index (χ2n) is 6.03. The third-order valence-corrected chi connectivity index (χ3v) is 4.39. The predicted octanol–water partition coefficient (Wildman–Crippen LogP) is 3.95. The third kappa shape index (κ3) is 4.28. The van der Waals surface area contributed by atoms with Crippen LogP contribution in [-0.4, -0.2) is 30.0 Å². The standard InChI is InChI=1S/C19H21ClN2O2/c1-14(23)21-18-8-4-2-6-15(18)12-22-11-10-16(13-22)24-19-9-5-3-7-17(19)20/h2-9,16H,10-13H2,1H3,(H,21,23). The van der Waals surface area contributed by atoms with Crippen LogP contribution in [-0.2, 0) is 11.3 Å². The number of para-hydroxylation sites is 2. The maximum atomic E-state index is 11.3. The van der Waals surface area contributed by atoms with Crippen molar-refractivity contribution >= 4 is 23.2 Å². The van der Waals surface area contributed by atoms with Crippen LogP contribution < -0.4 is 10.1 Å². The van der Waals surface area contributed by atoms with Crippen LogP contribution >= 0.6 is 11.6 Å². The number of anilines is 1. The van der Waals surface area contributed by atoms with E-state index < -0.39 is 0 Å². The molecule has 126 valence electrons. The Morgan fingerprint density at radius 3 is 2.79 bits per heavy atom. The summed E-state index contributed by atoms with van der Waals surface area (Å²) in [4.78, 5) is 13.7. The lowest BCUT2D eigenvalue weighted by Crippen LogP contribution is -2.25. The summed E-state index contributed by atoms with van der Waals surface area (Å²) in [7, 11) is 0. The van der Waals surface area contributed by atoms with Gasteiger partial charge in [0.2, 0.25) is 5.91 Å². The smallest absolute Gasteiger partial charge is 0.221 e. The monoisotopic (exact) mass is 344 g/mol. The van der Waals surface area contributed by atoms with Gasteiger partial charge in [-0.1, -0.05) is 41.9 Å². The molecule has 2 aromatic carbocycles. The number of hydrogen-bond donors (Lipinski definition) is 1. The summed E-state index contributed by atoms with van der Waals surface area (Å²) < 4.78 is 6.03. The molecule has 0 aliphatic carbocycles. The molecule has 1 aliphatic heterocycles. The molecule has 24 heavy (non-hydrogen) atoms. The first-order chi connectivity index (χ1) is 11.6. The van der Waals surface area contributed by atoms with Gasteiger partial charge in [-0.2, -0.15) is 0 Å². The molecule has 1 amide bonds. The zero-order valence-electron chi connectivity index (χ0n) is 13.7. The number of carbonyl (C=O) groups is 1. The average Bonchev–Trinajstić information content (AvgIpc) is 2.98. The van der Waals surface area contributed by atoms with E-state index in [0.717, 1.165) is 43.1 Å². The van der Waals surface area contributed by atoms with Crippen LogP contribution in [0.15, 0.2) is 48.5 Å². The zero-order valence-corrected chi connectivity index (χ0v) is 14.4. The first kappa shape index (κ1) is 16.8. The van der Waals surface area contributed by atoms with E-state index in [9.17, 15) is 4.79 Å². The Kier molecular flexibility index (Phi) is 5.38. The van der Waals surface area contributed by atoms with Crippen LogP contribution in [0.3, 0.4) is 0 Å². The van der Waals surface area contributed by atoms with Gasteiger partial charge < -0.3 is 10.1 Å². The summed E-state index contributed by atoms with van der Waals surface area (Å²) in [5.74, 6) is 0.688. The van der Waals surface area contributed by atoms with Gasteiger partial charge in [0.05, 0.1) is 5.02 Å². The number of nitrogens with zero attached hydrogens (tertiary/aromatic N) is 1. The van der Waals surface area contributed by atoms with Crippen molar-refractivity contribution in [2.24, 2.45) is 0 Å². The van der Waals surface area contributed by atoms with Gasteiger partial charge in [-0.25, -0.2) is 0 Å². The molecule has 1 aliphatic rings. The van der Waals surface area contributed by atoms with Gasteiger partial charge in [-0.15, -0.1) is 0 Å². The quantitative estimate of drug-likeness (QED) is 0.892. The van der Waals surface area contributed by atoms with E-state index >= 15 is 0 Å². The van der Waals surface area contributed by atoms with Gasteiger partial charge in [-0.05, 0) is 30.2 Å². The first-order valence-corrected chi connectivity index (χ1v) is 8.48. The minimum atomic E-state index is -0.0520. The van der Waals surface area contributed by atoms with Gasteiger partial charge in [0.15, 0.2) is 0 Å². The maximum Gasteiger partial charge on any atom is 0.221 e. The second kappa shape index (κ2) is 7.69. The summed E-state index contributed by atoms with van der Waals surface area (Å²) in [6.07, 6.45) is 1.10. The average molecular weight is 345 g/mol. The Hall–Kier alpha value is -2.04. The highest BCUT2D eigenvalue weighted by Crippen LogP contribution is 2.27. The van der Waals surface area contributed by atoms with Crippen molar-refractivity contribution in [3.8, 4) is 5.75 Å². The predicted molar refractivity (Wildman–Crippen MR) is 96.5 cm³/mol. The van der Waals surface area contributed by atoms with Crippen molar-refractivity contribution in [1.29, 1.82) is 0 Å². The number of ether oxygens (including phenoxy) is 1. The number of nitrogens with one attached hydrogen (secondary N) is 1. The second-order valence-corrected chi connectivity index (χ2v) is 6.44. The van der Waals surface area contributed by atoms with Crippen LogP contribution in [0.25, 0.3) is 0 Å². The lowest BCUT2D eigenvalue weighted by molar-refractivity contribution is -0.114. The van der Waals surface area contributed by atoms with E-state index in [0.29, 0.717) is 5.02 Å². The fraction of sp³-hybridized carbons (Fsp3) is 0.316. The minimum absolute atomic E-state index is 0.0520. The van der Waals surface area contributed by atoms with Crippen LogP contribution in [0.4, 0.5) is 5.69 Å². The van der Waals surface area contributed by atoms with Crippen molar-refractivity contribution in [2.45, 2.75) is 26.0 Å². The number of rotatable bonds is 5. The molecule has 3 rings (SSSR count). The number of benzene rings is 2. The number of likely N-dealkylation sites (tertiary alicyclic amines) is 1. The Balaban J connectivity index is 1.61. The Bertz CT molecular complexity index is 720. The fourth-order valence-corrected chi connectivity index (χ4v) is 3.15. The van der Waals surface area contributed by atoms with Crippen LogP contribution in [0.2, 0.25) is 5.02 Å². The topological polar surface area (TPSA) is 41.6 Å². The molecule has 4 nitrogen and oxygen atoms in total. The van der Waals surface area contributed by atoms with E-state index in [2.05, 4.69) is 10.2 Å². The largest absolute Gasteiger partial charge is 0.487 e. The lowest BCUT2D eigenvalue weighted by atomic mass is 10.1. The first-order valence-electron chi connectivity index (χ1n) is 8.11. The zero-order chi connectivity index (χ0) is 16.9. The van der Waals surface area contributed by atoms with Crippen molar-refractivity contribution in [3.05, 3.63) is 59.1 Å². The molecule has 2 aromatic rings. The summed E-state index contributed by atoms with van der Waals surface area (Å²) in [5, 5.41) is 3.54. The molecule has 1 atom stereocenters. The molecule has 1 saturated heterocycles. The molecular weight excluding hydrogens is 324 g/mol. The number of amides is 1. The van der Waals surface area contributed by atoms with E-state index in [-0.39, 0.29) is 12.0 Å². The van der Waals surface area contributed by atoms with Gasteiger partial charge >= 0.3 is 0 Å². The van der Waals surface area contributed by atoms with E-state index in [1.165, 1.54) is 6.92 Å². The Morgan fingerprint density at radius 2 is 2.00 bits per heavy atom. The highest BCUT2D eigenvalue weighted by atomic mass is 35.5. The molecular formula is C19H21ClN2O2. The van der Waals surface area contributed by atoms with Gasteiger partial charge in [0, 0.05) is 32.2 Å². The SMILES string of the molecule is CC(=O)Nc1ccccc1CN1CCC(Oc2ccccc2Cl)C1. The number of halogens is 1. The van der Waals surface area contributed by atoms with Crippen molar-refractivity contribution < 1.29 is 9.53 Å². The molecule has 1 heterocycles. The van der Waals surface area contributed by atoms with Gasteiger partial charge in [0.1, 0.15) is 11.9 Å². The molecule has 1 N–H and O–H groups in total. The van der Waals surface area contributed by atoms with Crippen LogP contribution in [0, 0.1) is 0 Å². The molecule has 1 fully saturated rings. The van der Waals surface area contributed by atoms with Gasteiger partial charge in [0.25, 0.3) is 0 Å². The van der Waals surface area contributed by atoms with Gasteiger partial charge in [-0.3, -0.25) is 9.69 Å². The molecule has 5 heteroatoms. The highest BCUT2D eigenvalue weighted by molar-refractivity contribution is 6.32.